The zero-order valence-electron chi connectivity index (χ0n) is 10.1. The van der Waals surface area contributed by atoms with Gasteiger partial charge in [0.15, 0.2) is 11.6 Å². The summed E-state index contributed by atoms with van der Waals surface area (Å²) in [5, 5.41) is 3.21. The van der Waals surface area contributed by atoms with Gasteiger partial charge in [0.25, 0.3) is 0 Å². The highest BCUT2D eigenvalue weighted by molar-refractivity contribution is 5.21. The molecule has 2 nitrogen and oxygen atoms in total. The van der Waals surface area contributed by atoms with Gasteiger partial charge >= 0.3 is 0 Å². The van der Waals surface area contributed by atoms with Crippen LogP contribution in [0, 0.1) is 11.6 Å². The van der Waals surface area contributed by atoms with Crippen molar-refractivity contribution < 1.29 is 13.2 Å². The van der Waals surface area contributed by atoms with Crippen molar-refractivity contribution in [1.29, 1.82) is 0 Å². The van der Waals surface area contributed by atoms with Gasteiger partial charge in [0.1, 0.15) is 0 Å². The zero-order valence-corrected chi connectivity index (χ0v) is 10.1. The number of piperazine rings is 1. The standard InChI is InChI=1S/C13H17F3N2/c14-4-3-13(18-7-5-17-6-8-18)10-1-2-11(15)12(16)9-10/h1-2,9,13,17H,3-8H2/t13-/m0/s1. The molecule has 0 bridgehead atoms. The summed E-state index contributed by atoms with van der Waals surface area (Å²) in [5.74, 6) is -1.73. The van der Waals surface area contributed by atoms with Crippen LogP contribution in [0.15, 0.2) is 18.2 Å². The lowest BCUT2D eigenvalue weighted by Gasteiger charge is -2.34. The van der Waals surface area contributed by atoms with E-state index in [1.54, 1.807) is 6.07 Å². The van der Waals surface area contributed by atoms with Crippen molar-refractivity contribution in [2.24, 2.45) is 0 Å². The Labute approximate surface area is 105 Å². The molecule has 2 rings (SSSR count). The summed E-state index contributed by atoms with van der Waals surface area (Å²) in [6, 6.07) is 3.66. The van der Waals surface area contributed by atoms with Crippen molar-refractivity contribution in [3.63, 3.8) is 0 Å². The highest BCUT2D eigenvalue weighted by Gasteiger charge is 2.22. The van der Waals surface area contributed by atoms with Crippen molar-refractivity contribution in [2.75, 3.05) is 32.9 Å². The van der Waals surface area contributed by atoms with Crippen LogP contribution in [0.3, 0.4) is 0 Å². The molecule has 1 aromatic carbocycles. The Kier molecular flexibility index (Phi) is 4.60. The van der Waals surface area contributed by atoms with Crippen LogP contribution < -0.4 is 5.32 Å². The first-order valence-corrected chi connectivity index (χ1v) is 6.18. The maximum absolute atomic E-state index is 13.2. The Hall–Kier alpha value is -1.07. The number of nitrogens with zero attached hydrogens (tertiary/aromatic N) is 1. The predicted octanol–water partition coefficient (Wildman–Crippen LogP) is 2.27. The van der Waals surface area contributed by atoms with Gasteiger partial charge in [-0.1, -0.05) is 6.07 Å². The van der Waals surface area contributed by atoms with Gasteiger partial charge in [0, 0.05) is 32.2 Å². The molecule has 0 unspecified atom stereocenters. The van der Waals surface area contributed by atoms with Crippen LogP contribution >= 0.6 is 0 Å². The lowest BCUT2D eigenvalue weighted by atomic mass is 10.0. The van der Waals surface area contributed by atoms with E-state index in [1.165, 1.54) is 6.07 Å². The van der Waals surface area contributed by atoms with Gasteiger partial charge in [-0.15, -0.1) is 0 Å². The maximum Gasteiger partial charge on any atom is 0.159 e. The molecule has 0 spiro atoms. The van der Waals surface area contributed by atoms with E-state index >= 15 is 0 Å². The smallest absolute Gasteiger partial charge is 0.159 e. The molecule has 1 heterocycles. The van der Waals surface area contributed by atoms with E-state index in [-0.39, 0.29) is 6.04 Å². The topological polar surface area (TPSA) is 15.3 Å². The van der Waals surface area contributed by atoms with Crippen LogP contribution in [0.4, 0.5) is 13.2 Å². The third kappa shape index (κ3) is 3.03. The molecular weight excluding hydrogens is 241 g/mol. The van der Waals surface area contributed by atoms with Crippen molar-refractivity contribution in [3.8, 4) is 0 Å². The molecular formula is C13H17F3N2. The van der Waals surface area contributed by atoms with E-state index in [9.17, 15) is 13.2 Å². The molecule has 1 fully saturated rings. The molecule has 0 saturated carbocycles. The summed E-state index contributed by atoms with van der Waals surface area (Å²) in [4.78, 5) is 2.11. The molecule has 1 aliphatic rings. The SMILES string of the molecule is FCC[C@@H](c1ccc(F)c(F)c1)N1CCNCC1. The van der Waals surface area contributed by atoms with Crippen LogP contribution in [-0.2, 0) is 0 Å². The number of benzene rings is 1. The number of hydrogen-bond acceptors (Lipinski definition) is 2. The Bertz CT molecular complexity index is 392. The normalized spacial score (nSPS) is 18.8. The lowest BCUT2D eigenvalue weighted by Crippen LogP contribution is -2.45. The predicted molar refractivity (Wildman–Crippen MR) is 64.1 cm³/mol. The third-order valence-corrected chi connectivity index (χ3v) is 3.30. The molecule has 1 N–H and O–H groups in total. The van der Waals surface area contributed by atoms with Crippen LogP contribution in [0.2, 0.25) is 0 Å². The first-order valence-electron chi connectivity index (χ1n) is 6.18. The second-order valence-corrected chi connectivity index (χ2v) is 4.45. The summed E-state index contributed by atoms with van der Waals surface area (Å²) >= 11 is 0. The van der Waals surface area contributed by atoms with E-state index in [4.69, 9.17) is 0 Å². The van der Waals surface area contributed by atoms with Gasteiger partial charge in [0.05, 0.1) is 6.67 Å². The number of rotatable bonds is 4. The highest BCUT2D eigenvalue weighted by Crippen LogP contribution is 2.26. The zero-order chi connectivity index (χ0) is 13.0. The monoisotopic (exact) mass is 258 g/mol. The number of alkyl halides is 1. The number of hydrogen-bond donors (Lipinski definition) is 1. The fraction of sp³-hybridized carbons (Fsp3) is 0.538. The minimum atomic E-state index is -0.869. The molecule has 0 aliphatic carbocycles. The van der Waals surface area contributed by atoms with Gasteiger partial charge in [-0.25, -0.2) is 8.78 Å². The van der Waals surface area contributed by atoms with E-state index in [0.29, 0.717) is 12.0 Å². The van der Waals surface area contributed by atoms with E-state index < -0.39 is 18.3 Å². The molecule has 18 heavy (non-hydrogen) atoms. The minimum Gasteiger partial charge on any atom is -0.314 e. The van der Waals surface area contributed by atoms with Gasteiger partial charge in [-0.3, -0.25) is 9.29 Å². The Morgan fingerprint density at radius 1 is 1.17 bits per heavy atom. The Morgan fingerprint density at radius 2 is 1.89 bits per heavy atom. The third-order valence-electron chi connectivity index (χ3n) is 3.30. The molecule has 1 aliphatic heterocycles. The average Bonchev–Trinajstić information content (AvgIpc) is 2.40. The van der Waals surface area contributed by atoms with Crippen LogP contribution in [0.1, 0.15) is 18.0 Å². The van der Waals surface area contributed by atoms with Gasteiger partial charge in [-0.2, -0.15) is 0 Å². The van der Waals surface area contributed by atoms with E-state index in [2.05, 4.69) is 10.2 Å². The van der Waals surface area contributed by atoms with Crippen LogP contribution in [0.5, 0.6) is 0 Å². The molecule has 1 atom stereocenters. The van der Waals surface area contributed by atoms with Crippen LogP contribution in [0.25, 0.3) is 0 Å². The summed E-state index contributed by atoms with van der Waals surface area (Å²) in [6.45, 7) is 2.81. The molecule has 1 saturated heterocycles. The summed E-state index contributed by atoms with van der Waals surface area (Å²) < 4.78 is 38.8. The lowest BCUT2D eigenvalue weighted by molar-refractivity contribution is 0.157. The quantitative estimate of drug-likeness (QED) is 0.891. The molecule has 5 heteroatoms. The first kappa shape index (κ1) is 13.4. The molecule has 0 radical (unpaired) electrons. The molecule has 100 valence electrons. The van der Waals surface area contributed by atoms with E-state index in [1.807, 2.05) is 0 Å². The largest absolute Gasteiger partial charge is 0.314 e. The van der Waals surface area contributed by atoms with Crippen molar-refractivity contribution >= 4 is 0 Å². The Morgan fingerprint density at radius 3 is 2.50 bits per heavy atom. The second-order valence-electron chi connectivity index (χ2n) is 4.45. The first-order chi connectivity index (χ1) is 8.72. The maximum atomic E-state index is 13.2. The fourth-order valence-electron chi connectivity index (χ4n) is 2.38. The Balaban J connectivity index is 2.19. The average molecular weight is 258 g/mol. The summed E-state index contributed by atoms with van der Waals surface area (Å²) in [7, 11) is 0. The van der Waals surface area contributed by atoms with Gasteiger partial charge in [-0.05, 0) is 24.1 Å². The second kappa shape index (κ2) is 6.20. The minimum absolute atomic E-state index is 0.174. The molecule has 0 amide bonds. The van der Waals surface area contributed by atoms with Gasteiger partial charge < -0.3 is 5.32 Å². The van der Waals surface area contributed by atoms with Crippen molar-refractivity contribution in [2.45, 2.75) is 12.5 Å². The summed E-state index contributed by atoms with van der Waals surface area (Å²) in [6.07, 6.45) is 0.311. The molecule has 1 aromatic rings. The summed E-state index contributed by atoms with van der Waals surface area (Å²) in [5.41, 5.74) is 0.647. The van der Waals surface area contributed by atoms with Crippen molar-refractivity contribution in [3.05, 3.63) is 35.4 Å². The fourth-order valence-corrected chi connectivity index (χ4v) is 2.38. The molecule has 0 aromatic heterocycles. The van der Waals surface area contributed by atoms with Gasteiger partial charge in [0.2, 0.25) is 0 Å². The highest BCUT2D eigenvalue weighted by atomic mass is 19.2. The number of halogens is 3. The van der Waals surface area contributed by atoms with Crippen molar-refractivity contribution in [1.82, 2.24) is 10.2 Å². The number of nitrogens with one attached hydrogen (secondary N) is 1. The van der Waals surface area contributed by atoms with Crippen LogP contribution in [-0.4, -0.2) is 37.8 Å². The van der Waals surface area contributed by atoms with E-state index in [0.717, 1.165) is 32.2 Å².